The molecule has 2 aromatic carbocycles. The second-order valence-electron chi connectivity index (χ2n) is 9.21. The lowest BCUT2D eigenvalue weighted by Crippen LogP contribution is -2.59. The van der Waals surface area contributed by atoms with Crippen molar-refractivity contribution >= 4 is 23.4 Å². The van der Waals surface area contributed by atoms with E-state index in [0.29, 0.717) is 11.3 Å². The molecule has 3 aromatic rings. The van der Waals surface area contributed by atoms with Crippen LogP contribution >= 0.6 is 0 Å². The Kier molecular flexibility index (Phi) is 6.93. The van der Waals surface area contributed by atoms with Crippen LogP contribution in [0.1, 0.15) is 39.3 Å². The lowest BCUT2D eigenvalue weighted by atomic mass is 9.96. The van der Waals surface area contributed by atoms with Crippen LogP contribution in [0.25, 0.3) is 0 Å². The topological polar surface area (TPSA) is 135 Å². The number of carbonyl (C=O) groups excluding carboxylic acids is 3. The van der Waals surface area contributed by atoms with E-state index < -0.39 is 16.7 Å². The summed E-state index contributed by atoms with van der Waals surface area (Å²) >= 11 is 0. The third kappa shape index (κ3) is 4.88. The normalized spacial score (nSPS) is 18.4. The molecule has 0 radical (unpaired) electrons. The first-order valence-corrected chi connectivity index (χ1v) is 12.2. The number of non-ortho nitro benzene ring substituents is 1. The van der Waals surface area contributed by atoms with E-state index in [0.717, 1.165) is 0 Å². The molecule has 2 aliphatic heterocycles. The predicted molar refractivity (Wildman–Crippen MR) is 134 cm³/mol. The fraction of sp³-hybridized carbons (Fsp3) is 0.296. The maximum absolute atomic E-state index is 13.7. The van der Waals surface area contributed by atoms with Crippen molar-refractivity contribution in [2.75, 3.05) is 19.7 Å². The zero-order valence-corrected chi connectivity index (χ0v) is 20.4. The first-order valence-electron chi connectivity index (χ1n) is 12.2. The van der Waals surface area contributed by atoms with Crippen LogP contribution in [0.5, 0.6) is 0 Å². The molecular formula is C27H26N4O7. The lowest BCUT2D eigenvalue weighted by Gasteiger charge is -2.44. The molecule has 2 fully saturated rings. The number of nitro benzene ring substituents is 1. The molecule has 1 atom stereocenters. The molecule has 1 aromatic heterocycles. The monoisotopic (exact) mass is 518 g/mol. The smallest absolute Gasteiger partial charge is 0.270 e. The summed E-state index contributed by atoms with van der Waals surface area (Å²) in [5, 5.41) is 13.9. The Hall–Kier alpha value is -4.51. The fourth-order valence-corrected chi connectivity index (χ4v) is 4.99. The van der Waals surface area contributed by atoms with Crippen LogP contribution in [0.4, 0.5) is 5.69 Å². The number of nitrogens with zero attached hydrogens (tertiary/aromatic N) is 3. The van der Waals surface area contributed by atoms with Crippen LogP contribution in [-0.4, -0.2) is 63.9 Å². The van der Waals surface area contributed by atoms with Crippen molar-refractivity contribution in [3.63, 3.8) is 0 Å². The minimum absolute atomic E-state index is 0.0153. The molecule has 2 saturated heterocycles. The molecule has 2 aliphatic rings. The van der Waals surface area contributed by atoms with Crippen molar-refractivity contribution in [2.24, 2.45) is 0 Å². The fourth-order valence-electron chi connectivity index (χ4n) is 4.99. The first kappa shape index (κ1) is 25.2. The number of hydrogen-bond acceptors (Lipinski definition) is 7. The highest BCUT2D eigenvalue weighted by atomic mass is 16.6. The molecular weight excluding hydrogens is 492 g/mol. The molecule has 5 rings (SSSR count). The van der Waals surface area contributed by atoms with E-state index in [1.54, 1.807) is 47.4 Å². The average Bonchev–Trinajstić information content (AvgIpc) is 3.60. The van der Waals surface area contributed by atoms with E-state index in [1.807, 2.05) is 0 Å². The van der Waals surface area contributed by atoms with E-state index in [2.05, 4.69) is 5.32 Å². The Morgan fingerprint density at radius 1 is 0.974 bits per heavy atom. The highest BCUT2D eigenvalue weighted by Gasteiger charge is 2.54. The van der Waals surface area contributed by atoms with Gasteiger partial charge in [-0.3, -0.25) is 29.4 Å². The van der Waals surface area contributed by atoms with E-state index in [1.165, 1.54) is 35.4 Å². The Morgan fingerprint density at radius 3 is 2.39 bits per heavy atom. The minimum Gasteiger partial charge on any atom is -0.467 e. The number of rotatable bonds is 6. The van der Waals surface area contributed by atoms with Crippen LogP contribution in [0, 0.1) is 10.1 Å². The average molecular weight is 519 g/mol. The van der Waals surface area contributed by atoms with Gasteiger partial charge in [0.05, 0.1) is 24.3 Å². The number of likely N-dealkylation sites (tertiary alicyclic amines) is 1. The van der Waals surface area contributed by atoms with Gasteiger partial charge in [0, 0.05) is 49.2 Å². The molecule has 11 heteroatoms. The van der Waals surface area contributed by atoms with Gasteiger partial charge in [-0.25, -0.2) is 0 Å². The minimum atomic E-state index is -1.07. The molecule has 0 bridgehead atoms. The predicted octanol–water partition coefficient (Wildman–Crippen LogP) is 2.98. The quantitative estimate of drug-likeness (QED) is 0.391. The maximum atomic E-state index is 13.7. The number of nitro groups is 1. The molecule has 196 valence electrons. The third-order valence-corrected chi connectivity index (χ3v) is 6.96. The maximum Gasteiger partial charge on any atom is 0.270 e. The van der Waals surface area contributed by atoms with Gasteiger partial charge in [-0.1, -0.05) is 24.3 Å². The molecule has 0 unspecified atom stereocenters. The molecule has 3 heterocycles. The highest BCUT2D eigenvalue weighted by molar-refractivity contribution is 5.98. The van der Waals surface area contributed by atoms with E-state index in [9.17, 15) is 24.5 Å². The van der Waals surface area contributed by atoms with Gasteiger partial charge in [0.15, 0.2) is 0 Å². The number of carbonyl (C=O) groups is 3. The summed E-state index contributed by atoms with van der Waals surface area (Å²) in [6.07, 6.45) is 2.09. The Morgan fingerprint density at radius 2 is 1.71 bits per heavy atom. The number of piperidine rings is 1. The molecule has 38 heavy (non-hydrogen) atoms. The molecule has 0 saturated carbocycles. The highest BCUT2D eigenvalue weighted by Crippen LogP contribution is 2.39. The molecule has 1 spiro atoms. The first-order chi connectivity index (χ1) is 18.4. The Balaban J connectivity index is 1.35. The summed E-state index contributed by atoms with van der Waals surface area (Å²) in [6.45, 7) is 0.692. The Bertz CT molecular complexity index is 1330. The Labute approximate surface area is 218 Å². The van der Waals surface area contributed by atoms with Crippen LogP contribution in [0.3, 0.4) is 0 Å². The van der Waals surface area contributed by atoms with E-state index in [-0.39, 0.29) is 68.1 Å². The van der Waals surface area contributed by atoms with Gasteiger partial charge in [0.1, 0.15) is 17.5 Å². The van der Waals surface area contributed by atoms with Gasteiger partial charge in [0.25, 0.3) is 17.5 Å². The van der Waals surface area contributed by atoms with Gasteiger partial charge in [-0.05, 0) is 30.3 Å². The summed E-state index contributed by atoms with van der Waals surface area (Å²) in [4.78, 5) is 53.7. The van der Waals surface area contributed by atoms with Gasteiger partial charge >= 0.3 is 0 Å². The van der Waals surface area contributed by atoms with Crippen molar-refractivity contribution in [1.82, 2.24) is 15.1 Å². The summed E-state index contributed by atoms with van der Waals surface area (Å²) in [6, 6.07) is 16.9. The zero-order chi connectivity index (χ0) is 26.7. The lowest BCUT2D eigenvalue weighted by molar-refractivity contribution is -0.384. The number of nitrogens with one attached hydrogen (secondary N) is 1. The van der Waals surface area contributed by atoms with E-state index >= 15 is 0 Å². The summed E-state index contributed by atoms with van der Waals surface area (Å²) in [7, 11) is 0. The largest absolute Gasteiger partial charge is 0.467 e. The zero-order valence-electron chi connectivity index (χ0n) is 20.4. The van der Waals surface area contributed by atoms with Crippen molar-refractivity contribution in [3.05, 3.63) is 100.0 Å². The van der Waals surface area contributed by atoms with Crippen LogP contribution in [0.2, 0.25) is 0 Å². The van der Waals surface area contributed by atoms with E-state index in [4.69, 9.17) is 9.15 Å². The summed E-state index contributed by atoms with van der Waals surface area (Å²) in [5.74, 6) is -0.450. The van der Waals surface area contributed by atoms with Crippen molar-refractivity contribution in [1.29, 1.82) is 0 Å². The molecule has 1 N–H and O–H groups in total. The van der Waals surface area contributed by atoms with Crippen LogP contribution < -0.4 is 5.32 Å². The van der Waals surface area contributed by atoms with Gasteiger partial charge in [-0.2, -0.15) is 0 Å². The standard InChI is InChI=1S/C27H26N4O7/c32-24(28-17-22-10-5-15-37-22)23-18-38-27(30(23)26(34)19-6-2-1-3-7-19)11-13-29(14-12-27)25(33)20-8-4-9-21(16-20)31(35)36/h1-10,15-16,23H,11-14,17-18H2,(H,28,32)/t23-/m1/s1. The second-order valence-corrected chi connectivity index (χ2v) is 9.21. The number of benzene rings is 2. The molecule has 3 amide bonds. The SMILES string of the molecule is O=C(NCc1ccco1)[C@H]1COC2(CCN(C(=O)c3cccc([N+](=O)[O-])c3)CC2)N1C(=O)c1ccccc1. The van der Waals surface area contributed by atoms with Crippen LogP contribution in [-0.2, 0) is 16.1 Å². The van der Waals surface area contributed by atoms with Crippen molar-refractivity contribution in [3.8, 4) is 0 Å². The number of amides is 3. The number of hydrogen-bond donors (Lipinski definition) is 1. The van der Waals surface area contributed by atoms with Crippen LogP contribution in [0.15, 0.2) is 77.4 Å². The summed E-state index contributed by atoms with van der Waals surface area (Å²) in [5.41, 5.74) is -0.586. The van der Waals surface area contributed by atoms with Gasteiger partial charge < -0.3 is 19.4 Å². The van der Waals surface area contributed by atoms with Crippen molar-refractivity contribution < 1.29 is 28.5 Å². The van der Waals surface area contributed by atoms with Gasteiger partial charge in [-0.15, -0.1) is 0 Å². The summed E-state index contributed by atoms with van der Waals surface area (Å²) < 4.78 is 11.5. The third-order valence-electron chi connectivity index (χ3n) is 6.96. The number of furan rings is 1. The molecule has 11 nitrogen and oxygen atoms in total. The molecule has 0 aliphatic carbocycles. The second kappa shape index (κ2) is 10.5. The van der Waals surface area contributed by atoms with Gasteiger partial charge in [0.2, 0.25) is 5.91 Å². The van der Waals surface area contributed by atoms with Crippen molar-refractivity contribution in [2.45, 2.75) is 31.2 Å². The number of ether oxygens (including phenoxy) is 1.